The first kappa shape index (κ1) is 30.3. The fourth-order valence-electron chi connectivity index (χ4n) is 3.95. The maximum absolute atomic E-state index is 13.3. The number of nitrogens with one attached hydrogen (secondary N) is 4. The summed E-state index contributed by atoms with van der Waals surface area (Å²) < 4.78 is 0. The van der Waals surface area contributed by atoms with E-state index in [4.69, 9.17) is 11.5 Å². The standard InChI is InChI=1S/C26H38N6O6/c1-13(2)9-20(26(37)38)32-23(34)18(10-15-12-29-17-8-6-5-7-16(15)17)30-24(35)19(11-21(27)33)31-25(36)22(28)14(3)4/h5-8,12-14,18-20,22,29H,9-11,28H2,1-4H3,(H2,27,33)(H,30,35)(H,31,36)(H,32,34)(H,37,38). The molecule has 2 rings (SSSR count). The molecule has 38 heavy (non-hydrogen) atoms. The van der Waals surface area contributed by atoms with Crippen molar-refractivity contribution >= 4 is 40.5 Å². The molecular weight excluding hydrogens is 492 g/mol. The van der Waals surface area contributed by atoms with Gasteiger partial charge in [0.25, 0.3) is 0 Å². The molecule has 0 aliphatic heterocycles. The number of carbonyl (C=O) groups excluding carboxylic acids is 4. The van der Waals surface area contributed by atoms with Crippen molar-refractivity contribution in [1.29, 1.82) is 0 Å². The minimum absolute atomic E-state index is 0.0123. The Morgan fingerprint density at radius 3 is 2.05 bits per heavy atom. The lowest BCUT2D eigenvalue weighted by Gasteiger charge is -2.25. The first-order chi connectivity index (χ1) is 17.8. The van der Waals surface area contributed by atoms with Gasteiger partial charge < -0.3 is 37.5 Å². The Balaban J connectivity index is 2.34. The molecule has 0 saturated carbocycles. The maximum atomic E-state index is 13.3. The predicted molar refractivity (Wildman–Crippen MR) is 142 cm³/mol. The minimum atomic E-state index is -1.38. The first-order valence-electron chi connectivity index (χ1n) is 12.5. The van der Waals surface area contributed by atoms with E-state index in [1.54, 1.807) is 20.0 Å². The number of carbonyl (C=O) groups is 5. The molecule has 1 aromatic carbocycles. The largest absolute Gasteiger partial charge is 0.480 e. The molecule has 0 radical (unpaired) electrons. The molecule has 0 aliphatic carbocycles. The zero-order valence-corrected chi connectivity index (χ0v) is 22.1. The fraction of sp³-hybridized carbons (Fsp3) is 0.500. The van der Waals surface area contributed by atoms with Crippen LogP contribution in [-0.2, 0) is 30.4 Å². The van der Waals surface area contributed by atoms with Crippen molar-refractivity contribution in [1.82, 2.24) is 20.9 Å². The summed E-state index contributed by atoms with van der Waals surface area (Å²) in [4.78, 5) is 65.6. The number of H-pyrrole nitrogens is 1. The van der Waals surface area contributed by atoms with E-state index in [0.717, 1.165) is 10.9 Å². The third kappa shape index (κ3) is 8.58. The number of aliphatic carboxylic acids is 1. The highest BCUT2D eigenvalue weighted by Gasteiger charge is 2.32. The summed E-state index contributed by atoms with van der Waals surface area (Å²) in [5.41, 5.74) is 12.7. The van der Waals surface area contributed by atoms with Crippen LogP contribution in [0.15, 0.2) is 30.5 Å². The summed E-state index contributed by atoms with van der Waals surface area (Å²) in [5, 5.41) is 17.9. The molecule has 2 aromatic rings. The number of aromatic nitrogens is 1. The van der Waals surface area contributed by atoms with E-state index >= 15 is 0 Å². The Morgan fingerprint density at radius 1 is 0.895 bits per heavy atom. The number of carboxylic acids is 1. The molecule has 4 atom stereocenters. The zero-order valence-electron chi connectivity index (χ0n) is 22.1. The van der Waals surface area contributed by atoms with Crippen molar-refractivity contribution in [2.45, 2.75) is 71.1 Å². The highest BCUT2D eigenvalue weighted by molar-refractivity contribution is 5.96. The van der Waals surface area contributed by atoms with Crippen LogP contribution in [-0.4, -0.2) is 63.9 Å². The molecular formula is C26H38N6O6. The molecule has 4 amide bonds. The number of rotatable bonds is 14. The number of primary amides is 1. The van der Waals surface area contributed by atoms with Gasteiger partial charge in [0, 0.05) is 23.5 Å². The van der Waals surface area contributed by atoms with Gasteiger partial charge in [-0.25, -0.2) is 4.79 Å². The van der Waals surface area contributed by atoms with Crippen LogP contribution in [0.5, 0.6) is 0 Å². The number of nitrogens with two attached hydrogens (primary N) is 2. The maximum Gasteiger partial charge on any atom is 0.326 e. The lowest BCUT2D eigenvalue weighted by atomic mass is 10.0. The van der Waals surface area contributed by atoms with Gasteiger partial charge in [-0.15, -0.1) is 0 Å². The van der Waals surface area contributed by atoms with Gasteiger partial charge in [0.15, 0.2) is 0 Å². The van der Waals surface area contributed by atoms with E-state index in [9.17, 15) is 29.1 Å². The van der Waals surface area contributed by atoms with Gasteiger partial charge in [0.2, 0.25) is 23.6 Å². The van der Waals surface area contributed by atoms with Gasteiger partial charge in [0.1, 0.15) is 18.1 Å². The van der Waals surface area contributed by atoms with Crippen molar-refractivity contribution in [3.8, 4) is 0 Å². The van der Waals surface area contributed by atoms with Crippen molar-refractivity contribution in [2.75, 3.05) is 0 Å². The van der Waals surface area contributed by atoms with Gasteiger partial charge in [-0.1, -0.05) is 45.9 Å². The zero-order chi connectivity index (χ0) is 28.6. The van der Waals surface area contributed by atoms with E-state index in [-0.39, 0.29) is 24.7 Å². The minimum Gasteiger partial charge on any atom is -0.480 e. The predicted octanol–water partition coefficient (Wildman–Crippen LogP) is 0.154. The molecule has 208 valence electrons. The van der Waals surface area contributed by atoms with Gasteiger partial charge in [-0.3, -0.25) is 19.2 Å². The third-order valence-corrected chi connectivity index (χ3v) is 6.11. The molecule has 0 fully saturated rings. The molecule has 0 aliphatic rings. The second-order valence-electron chi connectivity index (χ2n) is 10.2. The number of aromatic amines is 1. The molecule has 12 heteroatoms. The van der Waals surface area contributed by atoms with Crippen LogP contribution in [0.2, 0.25) is 0 Å². The fourth-order valence-corrected chi connectivity index (χ4v) is 3.95. The molecule has 1 aromatic heterocycles. The summed E-state index contributed by atoms with van der Waals surface area (Å²) in [6.45, 7) is 7.11. The number of hydrogen-bond donors (Lipinski definition) is 7. The monoisotopic (exact) mass is 530 g/mol. The van der Waals surface area contributed by atoms with Crippen LogP contribution >= 0.6 is 0 Å². The molecule has 0 saturated heterocycles. The normalized spacial score (nSPS) is 14.5. The second kappa shape index (κ2) is 13.6. The van der Waals surface area contributed by atoms with Crippen LogP contribution < -0.4 is 27.4 Å². The number of carboxylic acid groups (broad SMARTS) is 1. The summed E-state index contributed by atoms with van der Waals surface area (Å²) in [5.74, 6) is -4.50. The molecule has 1 heterocycles. The lowest BCUT2D eigenvalue weighted by Crippen LogP contribution is -2.58. The summed E-state index contributed by atoms with van der Waals surface area (Å²) in [6.07, 6.45) is 1.37. The number of fused-ring (bicyclic) bond motifs is 1. The number of hydrogen-bond acceptors (Lipinski definition) is 6. The smallest absolute Gasteiger partial charge is 0.326 e. The van der Waals surface area contributed by atoms with Gasteiger partial charge in [-0.2, -0.15) is 0 Å². The van der Waals surface area contributed by atoms with Crippen LogP contribution in [0.3, 0.4) is 0 Å². The van der Waals surface area contributed by atoms with Crippen molar-refractivity contribution in [3.05, 3.63) is 36.0 Å². The van der Waals surface area contributed by atoms with Gasteiger partial charge in [-0.05, 0) is 29.9 Å². The van der Waals surface area contributed by atoms with Crippen LogP contribution in [0.1, 0.15) is 46.1 Å². The Morgan fingerprint density at radius 2 is 1.47 bits per heavy atom. The average molecular weight is 531 g/mol. The quantitative estimate of drug-likeness (QED) is 0.180. The van der Waals surface area contributed by atoms with Gasteiger partial charge >= 0.3 is 5.97 Å². The molecule has 4 unspecified atom stereocenters. The highest BCUT2D eigenvalue weighted by Crippen LogP contribution is 2.19. The summed E-state index contributed by atoms with van der Waals surface area (Å²) in [7, 11) is 0. The second-order valence-corrected chi connectivity index (χ2v) is 10.2. The summed E-state index contributed by atoms with van der Waals surface area (Å²) >= 11 is 0. The Hall–Kier alpha value is -3.93. The Labute approximate surface area is 221 Å². The Kier molecular flexibility index (Phi) is 10.8. The topological polar surface area (TPSA) is 210 Å². The lowest BCUT2D eigenvalue weighted by molar-refractivity contribution is -0.143. The van der Waals surface area contributed by atoms with E-state index in [0.29, 0.717) is 5.56 Å². The van der Waals surface area contributed by atoms with Crippen LogP contribution in [0.25, 0.3) is 10.9 Å². The SMILES string of the molecule is CC(C)CC(NC(=O)C(Cc1c[nH]c2ccccc12)NC(=O)C(CC(N)=O)NC(=O)C(N)C(C)C)C(=O)O. The number of benzene rings is 1. The van der Waals surface area contributed by atoms with E-state index in [1.165, 1.54) is 0 Å². The number of amides is 4. The first-order valence-corrected chi connectivity index (χ1v) is 12.5. The van der Waals surface area contributed by atoms with E-state index in [2.05, 4.69) is 20.9 Å². The molecule has 12 nitrogen and oxygen atoms in total. The molecule has 0 bridgehead atoms. The summed E-state index contributed by atoms with van der Waals surface area (Å²) in [6, 6.07) is 2.66. The van der Waals surface area contributed by atoms with Crippen molar-refractivity contribution in [3.63, 3.8) is 0 Å². The molecule has 9 N–H and O–H groups in total. The van der Waals surface area contributed by atoms with Crippen LogP contribution in [0.4, 0.5) is 0 Å². The Bertz CT molecular complexity index is 1160. The highest BCUT2D eigenvalue weighted by atomic mass is 16.4. The third-order valence-electron chi connectivity index (χ3n) is 6.11. The van der Waals surface area contributed by atoms with Crippen molar-refractivity contribution in [2.24, 2.45) is 23.3 Å². The van der Waals surface area contributed by atoms with Gasteiger partial charge in [0.05, 0.1) is 12.5 Å². The van der Waals surface area contributed by atoms with Crippen molar-refractivity contribution < 1.29 is 29.1 Å². The average Bonchev–Trinajstić information content (AvgIpc) is 3.24. The van der Waals surface area contributed by atoms with Crippen LogP contribution in [0, 0.1) is 11.8 Å². The van der Waals surface area contributed by atoms with E-state index < -0.39 is 60.2 Å². The number of para-hydroxylation sites is 1. The molecule has 0 spiro atoms. The van der Waals surface area contributed by atoms with E-state index in [1.807, 2.05) is 38.1 Å².